The number of carbonyl (C=O) groups is 1. The normalized spacial score (nSPS) is 14.0. The number of aryl methyl sites for hydroxylation is 2. The Kier molecular flexibility index (Phi) is 5.85. The molecule has 1 heterocycles. The third kappa shape index (κ3) is 4.59. The van der Waals surface area contributed by atoms with Crippen molar-refractivity contribution in [2.45, 2.75) is 13.8 Å². The summed E-state index contributed by atoms with van der Waals surface area (Å²) < 4.78 is 5.29. The molecule has 0 aromatic heterocycles. The third-order valence-corrected chi connectivity index (χ3v) is 4.66. The number of rotatable bonds is 3. The molecule has 1 amide bonds. The summed E-state index contributed by atoms with van der Waals surface area (Å²) in [5, 5.41) is 6.84. The molecule has 1 fully saturated rings. The number of anilines is 2. The predicted octanol–water partition coefficient (Wildman–Crippen LogP) is 3.58. The predicted molar refractivity (Wildman–Crippen MR) is 109 cm³/mol. The molecule has 0 unspecified atom stereocenters. The second-order valence-corrected chi connectivity index (χ2v) is 6.77. The van der Waals surface area contributed by atoms with Crippen LogP contribution in [0.5, 0.6) is 0 Å². The van der Waals surface area contributed by atoms with Crippen LogP contribution in [0.15, 0.2) is 42.5 Å². The molecule has 5 nitrogen and oxygen atoms in total. The number of hydrogen-bond donors (Lipinski definition) is 2. The van der Waals surface area contributed by atoms with Crippen LogP contribution in [0.1, 0.15) is 21.5 Å². The van der Waals surface area contributed by atoms with Crippen LogP contribution < -0.4 is 10.6 Å². The summed E-state index contributed by atoms with van der Waals surface area (Å²) in [6.07, 6.45) is 0. The Morgan fingerprint density at radius 3 is 2.23 bits per heavy atom. The summed E-state index contributed by atoms with van der Waals surface area (Å²) in [5.41, 5.74) is 4.92. The quantitative estimate of drug-likeness (QED) is 0.810. The largest absolute Gasteiger partial charge is 0.378 e. The van der Waals surface area contributed by atoms with Gasteiger partial charge in [0.15, 0.2) is 5.11 Å². The van der Waals surface area contributed by atoms with Crippen molar-refractivity contribution in [3.05, 3.63) is 59.2 Å². The summed E-state index contributed by atoms with van der Waals surface area (Å²) in [4.78, 5) is 14.3. The van der Waals surface area contributed by atoms with Crippen LogP contribution in [0, 0.1) is 13.8 Å². The number of hydrogen-bond acceptors (Lipinski definition) is 3. The first kappa shape index (κ1) is 18.4. The summed E-state index contributed by atoms with van der Waals surface area (Å²) in [6, 6.07) is 13.5. The number of nitrogens with zero attached hydrogens (tertiary/aromatic N) is 1. The molecule has 1 aliphatic heterocycles. The number of benzene rings is 2. The minimum Gasteiger partial charge on any atom is -0.378 e. The molecule has 0 saturated carbocycles. The summed E-state index contributed by atoms with van der Waals surface area (Å²) in [6.45, 7) is 6.63. The van der Waals surface area contributed by atoms with E-state index in [1.807, 2.05) is 35.2 Å². The lowest BCUT2D eigenvalue weighted by Crippen LogP contribution is -2.40. The Morgan fingerprint density at radius 2 is 1.58 bits per heavy atom. The van der Waals surface area contributed by atoms with Crippen LogP contribution in [-0.2, 0) is 4.74 Å². The first-order valence-corrected chi connectivity index (χ1v) is 9.06. The Hall–Kier alpha value is -2.44. The standard InChI is InChI=1S/C20H23N3O2S/c1-14-3-6-18(13-15(14)2)22-20(26)21-17-7-4-16(5-8-17)19(24)23-9-11-25-12-10-23/h3-8,13H,9-12H2,1-2H3,(H2,21,22,26). The van der Waals surface area contributed by atoms with Crippen molar-refractivity contribution in [3.63, 3.8) is 0 Å². The van der Waals surface area contributed by atoms with Gasteiger partial charge in [-0.25, -0.2) is 0 Å². The van der Waals surface area contributed by atoms with Crippen molar-refractivity contribution in [1.82, 2.24) is 4.90 Å². The lowest BCUT2D eigenvalue weighted by atomic mass is 10.1. The van der Waals surface area contributed by atoms with Gasteiger partial charge in [0.05, 0.1) is 13.2 Å². The molecule has 0 aliphatic carbocycles. The molecule has 0 bridgehead atoms. The van der Waals surface area contributed by atoms with Gasteiger partial charge in [0.1, 0.15) is 0 Å². The van der Waals surface area contributed by atoms with Gasteiger partial charge in [-0.3, -0.25) is 4.79 Å². The molecule has 136 valence electrons. The van der Waals surface area contributed by atoms with E-state index in [0.717, 1.165) is 11.4 Å². The fraction of sp³-hybridized carbons (Fsp3) is 0.300. The van der Waals surface area contributed by atoms with Gasteiger partial charge >= 0.3 is 0 Å². The van der Waals surface area contributed by atoms with Crippen LogP contribution in [0.4, 0.5) is 11.4 Å². The fourth-order valence-electron chi connectivity index (χ4n) is 2.76. The van der Waals surface area contributed by atoms with Crippen LogP contribution in [0.3, 0.4) is 0 Å². The highest BCUT2D eigenvalue weighted by molar-refractivity contribution is 7.80. The van der Waals surface area contributed by atoms with Gasteiger partial charge in [0.25, 0.3) is 5.91 Å². The fourth-order valence-corrected chi connectivity index (χ4v) is 2.99. The molecule has 6 heteroatoms. The maximum atomic E-state index is 12.4. The zero-order chi connectivity index (χ0) is 18.5. The number of thiocarbonyl (C=S) groups is 1. The topological polar surface area (TPSA) is 53.6 Å². The van der Waals surface area contributed by atoms with E-state index in [4.69, 9.17) is 17.0 Å². The van der Waals surface area contributed by atoms with Gasteiger partial charge in [-0.1, -0.05) is 6.07 Å². The van der Waals surface area contributed by atoms with E-state index in [9.17, 15) is 4.79 Å². The molecule has 3 rings (SSSR count). The molecule has 26 heavy (non-hydrogen) atoms. The van der Waals surface area contributed by atoms with Crippen molar-refractivity contribution in [2.24, 2.45) is 0 Å². The van der Waals surface area contributed by atoms with Crippen LogP contribution >= 0.6 is 12.2 Å². The summed E-state index contributed by atoms with van der Waals surface area (Å²) >= 11 is 5.37. The molecular weight excluding hydrogens is 346 g/mol. The Balaban J connectivity index is 1.58. The van der Waals surface area contributed by atoms with Gasteiger partial charge < -0.3 is 20.3 Å². The monoisotopic (exact) mass is 369 g/mol. The highest BCUT2D eigenvalue weighted by Crippen LogP contribution is 2.16. The van der Waals surface area contributed by atoms with E-state index >= 15 is 0 Å². The lowest BCUT2D eigenvalue weighted by Gasteiger charge is -2.26. The number of nitrogens with one attached hydrogen (secondary N) is 2. The number of carbonyl (C=O) groups excluding carboxylic acids is 1. The molecule has 0 atom stereocenters. The van der Waals surface area contributed by atoms with E-state index in [2.05, 4.69) is 36.6 Å². The van der Waals surface area contributed by atoms with Gasteiger partial charge in [-0.05, 0) is 73.6 Å². The molecular formula is C20H23N3O2S. The van der Waals surface area contributed by atoms with Gasteiger partial charge in [-0.15, -0.1) is 0 Å². The zero-order valence-electron chi connectivity index (χ0n) is 15.0. The SMILES string of the molecule is Cc1ccc(NC(=S)Nc2ccc(C(=O)N3CCOCC3)cc2)cc1C. The smallest absolute Gasteiger partial charge is 0.254 e. The zero-order valence-corrected chi connectivity index (χ0v) is 15.9. The lowest BCUT2D eigenvalue weighted by molar-refractivity contribution is 0.0303. The average Bonchev–Trinajstić information content (AvgIpc) is 2.65. The van der Waals surface area contributed by atoms with E-state index in [-0.39, 0.29) is 5.91 Å². The molecule has 2 aromatic rings. The van der Waals surface area contributed by atoms with Crippen molar-refractivity contribution >= 4 is 34.6 Å². The number of amides is 1. The van der Waals surface area contributed by atoms with E-state index < -0.39 is 0 Å². The second-order valence-electron chi connectivity index (χ2n) is 6.36. The second kappa shape index (κ2) is 8.29. The van der Waals surface area contributed by atoms with Crippen molar-refractivity contribution in [1.29, 1.82) is 0 Å². The van der Waals surface area contributed by atoms with E-state index in [1.54, 1.807) is 0 Å². The minimum absolute atomic E-state index is 0.0377. The third-order valence-electron chi connectivity index (χ3n) is 4.45. The minimum atomic E-state index is 0.0377. The summed E-state index contributed by atoms with van der Waals surface area (Å²) in [7, 11) is 0. The van der Waals surface area contributed by atoms with Crippen LogP contribution in [-0.4, -0.2) is 42.2 Å². The van der Waals surface area contributed by atoms with Crippen LogP contribution in [0.25, 0.3) is 0 Å². The van der Waals surface area contributed by atoms with Crippen LogP contribution in [0.2, 0.25) is 0 Å². The Bertz CT molecular complexity index is 799. The highest BCUT2D eigenvalue weighted by atomic mass is 32.1. The number of morpholine rings is 1. The van der Waals surface area contributed by atoms with Crippen molar-refractivity contribution in [3.8, 4) is 0 Å². The Labute approximate surface area is 159 Å². The van der Waals surface area contributed by atoms with E-state index in [0.29, 0.717) is 37.0 Å². The molecule has 0 spiro atoms. The van der Waals surface area contributed by atoms with E-state index in [1.165, 1.54) is 11.1 Å². The molecule has 2 aromatic carbocycles. The Morgan fingerprint density at radius 1 is 0.962 bits per heavy atom. The first-order chi connectivity index (χ1) is 12.5. The molecule has 1 aliphatic rings. The van der Waals surface area contributed by atoms with Crippen molar-refractivity contribution in [2.75, 3.05) is 36.9 Å². The molecule has 2 N–H and O–H groups in total. The highest BCUT2D eigenvalue weighted by Gasteiger charge is 2.18. The molecule has 1 saturated heterocycles. The molecule has 0 radical (unpaired) electrons. The van der Waals surface area contributed by atoms with Gasteiger partial charge in [0, 0.05) is 30.0 Å². The summed E-state index contributed by atoms with van der Waals surface area (Å²) in [5.74, 6) is 0.0377. The maximum Gasteiger partial charge on any atom is 0.254 e. The number of ether oxygens (including phenoxy) is 1. The maximum absolute atomic E-state index is 12.4. The van der Waals surface area contributed by atoms with Gasteiger partial charge in [-0.2, -0.15) is 0 Å². The van der Waals surface area contributed by atoms with Crippen molar-refractivity contribution < 1.29 is 9.53 Å². The average molecular weight is 369 g/mol. The van der Waals surface area contributed by atoms with Gasteiger partial charge in [0.2, 0.25) is 0 Å². The first-order valence-electron chi connectivity index (χ1n) is 8.65.